The van der Waals surface area contributed by atoms with Crippen LogP contribution >= 0.6 is 0 Å². The predicted molar refractivity (Wildman–Crippen MR) is 214 cm³/mol. The number of ether oxygens (including phenoxy) is 4. The number of hydrogen-bond acceptors (Lipinski definition) is 13. The number of carbonyl (C=O) groups excluding carboxylic acids is 4. The molecule has 3 heterocycles. The number of esters is 2. The highest BCUT2D eigenvalue weighted by atomic mass is 16.8. The Hall–Kier alpha value is -4.38. The Morgan fingerprint density at radius 1 is 1.02 bits per heavy atom. The van der Waals surface area contributed by atoms with Gasteiger partial charge in [0, 0.05) is 24.7 Å². The van der Waals surface area contributed by atoms with Crippen molar-refractivity contribution < 1.29 is 58.3 Å². The molecule has 2 aromatic rings. The maximum atomic E-state index is 15.1. The lowest BCUT2D eigenvalue weighted by molar-refractivity contribution is -0.235. The molecule has 3 saturated carbocycles. The standard InChI is InChI=1S/C45H57N3O12/c1-25(50)35(40(53)46-31(24-49)19-20-34(52)57-43(2,3)4)47-42(55)44-22-33-36-37(59-45(58-36,29-15-16-29)30-17-18-30)39(44)60-48(38(44)41(54)56-33)23-27-11-7-9-26(21-27)10-8-13-28-12-5-6-14-32(28)51/h5-12,14,21,25,29-31,33,35-39,49-51H,13,15-20,22-24H2,1-4H3,(H,46,53)(H,47,55)/t25-,31-,33+,35+,36-,37-,38-,39+,44-/m0/s1. The van der Waals surface area contributed by atoms with E-state index in [4.69, 9.17) is 23.8 Å². The molecule has 6 fully saturated rings. The van der Waals surface area contributed by atoms with E-state index in [9.17, 15) is 29.7 Å². The Balaban J connectivity index is 1.05. The highest BCUT2D eigenvalue weighted by molar-refractivity contribution is 5.96. The zero-order valence-electron chi connectivity index (χ0n) is 34.6. The van der Waals surface area contributed by atoms with Gasteiger partial charge in [0.05, 0.1) is 25.3 Å². The Kier molecular flexibility index (Phi) is 11.6. The number of fused-ring (bicyclic) bond motifs is 4. The van der Waals surface area contributed by atoms with E-state index < -0.39 is 95.8 Å². The van der Waals surface area contributed by atoms with E-state index in [1.54, 1.807) is 32.9 Å². The van der Waals surface area contributed by atoms with Crippen molar-refractivity contribution in [2.45, 2.75) is 146 Å². The molecule has 15 heteroatoms. The van der Waals surface area contributed by atoms with Gasteiger partial charge in [0.2, 0.25) is 11.8 Å². The van der Waals surface area contributed by atoms with Crippen molar-refractivity contribution in [3.63, 3.8) is 0 Å². The first-order chi connectivity index (χ1) is 28.6. The molecule has 3 saturated heterocycles. The SMILES string of the molecule is C[C@H](O)[C@@H](NC(=O)[C@@]12C[C@H]3OC(=O)[C@@H]1N(Cc1cccc(C=CCc4ccccc4O)c1)O[C@@H]2[C@H]1OC(C2CC2)(C2CC2)O[C@H]13)C(=O)N[C@H](CO)CCC(=O)OC(C)(C)C. The van der Waals surface area contributed by atoms with E-state index in [0.717, 1.165) is 42.4 Å². The Bertz CT molecular complexity index is 1980. The van der Waals surface area contributed by atoms with Crippen LogP contribution in [0.5, 0.6) is 5.75 Å². The molecule has 5 N–H and O–H groups in total. The summed E-state index contributed by atoms with van der Waals surface area (Å²) in [6.45, 7) is 6.18. The van der Waals surface area contributed by atoms with E-state index in [0.29, 0.717) is 6.42 Å². The van der Waals surface area contributed by atoms with Crippen LogP contribution < -0.4 is 10.6 Å². The summed E-state index contributed by atoms with van der Waals surface area (Å²) in [4.78, 5) is 62.3. The quantitative estimate of drug-likeness (QED) is 0.155. The fraction of sp³-hybridized carbons (Fsp3) is 0.600. The number of rotatable bonds is 16. The number of hydroxylamine groups is 2. The van der Waals surface area contributed by atoms with Crippen LogP contribution in [0.25, 0.3) is 6.08 Å². The maximum absolute atomic E-state index is 15.1. The number of nitrogens with one attached hydrogen (secondary N) is 2. The number of aromatic hydroxyl groups is 1. The second-order valence-corrected chi connectivity index (χ2v) is 18.3. The number of para-hydroxylation sites is 1. The highest BCUT2D eigenvalue weighted by Gasteiger charge is 2.78. The van der Waals surface area contributed by atoms with Crippen LogP contribution in [0.15, 0.2) is 54.6 Å². The number of carbonyl (C=O) groups is 4. The second-order valence-electron chi connectivity index (χ2n) is 18.3. The van der Waals surface area contributed by atoms with Gasteiger partial charge in [-0.1, -0.05) is 54.6 Å². The smallest absolute Gasteiger partial charge is 0.327 e. The van der Waals surface area contributed by atoms with Crippen molar-refractivity contribution in [2.75, 3.05) is 6.61 Å². The lowest BCUT2D eigenvalue weighted by Crippen LogP contribution is -2.71. The molecule has 324 valence electrons. The summed E-state index contributed by atoms with van der Waals surface area (Å²) in [6, 6.07) is 11.2. The van der Waals surface area contributed by atoms with E-state index in [-0.39, 0.29) is 43.4 Å². The molecule has 2 bridgehead atoms. The van der Waals surface area contributed by atoms with Crippen LogP contribution in [-0.4, -0.2) is 111 Å². The summed E-state index contributed by atoms with van der Waals surface area (Å²) in [7, 11) is 0. The van der Waals surface area contributed by atoms with Crippen molar-refractivity contribution in [3.8, 4) is 5.75 Å². The van der Waals surface area contributed by atoms with Gasteiger partial charge in [-0.2, -0.15) is 5.06 Å². The van der Waals surface area contributed by atoms with Gasteiger partial charge in [0.15, 0.2) is 11.8 Å². The first-order valence-corrected chi connectivity index (χ1v) is 21.3. The van der Waals surface area contributed by atoms with Crippen molar-refractivity contribution in [1.82, 2.24) is 15.7 Å². The highest BCUT2D eigenvalue weighted by Crippen LogP contribution is 2.63. The third-order valence-corrected chi connectivity index (χ3v) is 12.6. The van der Waals surface area contributed by atoms with Gasteiger partial charge in [0.25, 0.3) is 0 Å². The molecule has 0 aromatic heterocycles. The largest absolute Gasteiger partial charge is 0.508 e. The summed E-state index contributed by atoms with van der Waals surface area (Å²) < 4.78 is 25.3. The molecule has 2 aromatic carbocycles. The summed E-state index contributed by atoms with van der Waals surface area (Å²) in [5.74, 6) is -2.90. The van der Waals surface area contributed by atoms with Crippen LogP contribution in [-0.2, 0) is 55.9 Å². The zero-order valence-corrected chi connectivity index (χ0v) is 34.6. The molecule has 2 amide bonds. The van der Waals surface area contributed by atoms with Gasteiger partial charge in [-0.15, -0.1) is 0 Å². The van der Waals surface area contributed by atoms with E-state index in [1.807, 2.05) is 48.6 Å². The van der Waals surface area contributed by atoms with E-state index in [2.05, 4.69) is 10.6 Å². The lowest BCUT2D eigenvalue weighted by Gasteiger charge is -2.49. The van der Waals surface area contributed by atoms with Gasteiger partial charge in [-0.25, -0.2) is 0 Å². The Labute approximate surface area is 349 Å². The number of phenolic OH excluding ortho intramolecular Hbond substituents is 1. The first-order valence-electron chi connectivity index (χ1n) is 21.3. The fourth-order valence-corrected chi connectivity index (χ4v) is 9.51. The number of nitrogens with zero attached hydrogens (tertiary/aromatic N) is 1. The molecule has 6 aliphatic rings. The number of aliphatic hydroxyl groups is 2. The van der Waals surface area contributed by atoms with Crippen LogP contribution in [0.4, 0.5) is 0 Å². The van der Waals surface area contributed by atoms with E-state index in [1.165, 1.54) is 12.0 Å². The first kappa shape index (κ1) is 42.3. The summed E-state index contributed by atoms with van der Waals surface area (Å²) in [6.07, 6.45) is 3.54. The average Bonchev–Trinajstić information content (AvgIpc) is 4.14. The molecule has 15 nitrogen and oxygen atoms in total. The molecule has 8 rings (SSSR count). The normalized spacial score (nSPS) is 29.6. The molecule has 9 atom stereocenters. The number of amides is 2. The molecule has 0 unspecified atom stereocenters. The van der Waals surface area contributed by atoms with Gasteiger partial charge < -0.3 is 44.9 Å². The zero-order chi connectivity index (χ0) is 42.6. The number of phenols is 1. The summed E-state index contributed by atoms with van der Waals surface area (Å²) in [5, 5.41) is 38.2. The molecular weight excluding hydrogens is 775 g/mol. The molecule has 0 spiro atoms. The minimum absolute atomic E-state index is 0.0325. The van der Waals surface area contributed by atoms with Crippen LogP contribution in [0, 0.1) is 17.3 Å². The molecular formula is C45H57N3O12. The minimum Gasteiger partial charge on any atom is -0.508 e. The fourth-order valence-electron chi connectivity index (χ4n) is 9.51. The van der Waals surface area contributed by atoms with Crippen LogP contribution in [0.3, 0.4) is 0 Å². The third kappa shape index (κ3) is 8.32. The number of benzene rings is 2. The lowest BCUT2D eigenvalue weighted by atomic mass is 9.62. The molecule has 0 radical (unpaired) electrons. The van der Waals surface area contributed by atoms with Crippen molar-refractivity contribution in [1.29, 1.82) is 0 Å². The topological polar surface area (TPSA) is 202 Å². The number of aliphatic hydroxyl groups excluding tert-OH is 2. The van der Waals surface area contributed by atoms with Gasteiger partial charge in [0.1, 0.15) is 47.2 Å². The van der Waals surface area contributed by atoms with E-state index >= 15 is 4.79 Å². The van der Waals surface area contributed by atoms with Gasteiger partial charge in [-0.05, 0) is 89.0 Å². The number of allylic oxidation sites excluding steroid dienone is 1. The van der Waals surface area contributed by atoms with Crippen molar-refractivity contribution >= 4 is 29.8 Å². The Morgan fingerprint density at radius 2 is 1.73 bits per heavy atom. The molecule has 3 aliphatic carbocycles. The van der Waals surface area contributed by atoms with Gasteiger partial charge in [-0.3, -0.25) is 24.0 Å². The average molecular weight is 832 g/mol. The summed E-state index contributed by atoms with van der Waals surface area (Å²) in [5.41, 5.74) is 0.145. The third-order valence-electron chi connectivity index (χ3n) is 12.6. The van der Waals surface area contributed by atoms with Crippen molar-refractivity contribution in [2.24, 2.45) is 17.3 Å². The van der Waals surface area contributed by atoms with Crippen molar-refractivity contribution in [3.05, 3.63) is 71.3 Å². The second kappa shape index (κ2) is 16.5. The number of hydrogen-bond donors (Lipinski definition) is 5. The van der Waals surface area contributed by atoms with Gasteiger partial charge >= 0.3 is 11.9 Å². The monoisotopic (exact) mass is 831 g/mol. The Morgan fingerprint density at radius 3 is 2.40 bits per heavy atom. The molecule has 60 heavy (non-hydrogen) atoms. The predicted octanol–water partition coefficient (Wildman–Crippen LogP) is 3.21. The molecule has 3 aliphatic heterocycles. The van der Waals surface area contributed by atoms with Crippen LogP contribution in [0.1, 0.15) is 89.3 Å². The maximum Gasteiger partial charge on any atom is 0.327 e. The minimum atomic E-state index is -1.61. The van der Waals surface area contributed by atoms with Crippen LogP contribution in [0.2, 0.25) is 0 Å². The summed E-state index contributed by atoms with van der Waals surface area (Å²) >= 11 is 0.